The van der Waals surface area contributed by atoms with Crippen molar-refractivity contribution < 1.29 is 31.9 Å². The number of carbonyl (C=O) groups is 1. The Balaban J connectivity index is 0. The number of unbranched alkanes of at least 4 members (excludes halogenated alkanes) is 10. The molecule has 1 amide bonds. The number of quaternary nitrogens is 1. The van der Waals surface area contributed by atoms with Crippen LogP contribution in [0.2, 0.25) is 0 Å². The van der Waals surface area contributed by atoms with Crippen molar-refractivity contribution in [1.82, 2.24) is 5.32 Å². The average Bonchev–Trinajstić information content (AvgIpc) is 2.63. The minimum Gasteiger partial charge on any atom is -1.00 e. The monoisotopic (exact) mass is 422 g/mol. The molecular weight excluding hydrogens is 376 g/mol. The van der Waals surface area contributed by atoms with Crippen LogP contribution >= 0.6 is 0 Å². The molecule has 0 aromatic rings. The lowest BCUT2D eigenvalue weighted by Crippen LogP contribution is -3.00. The van der Waals surface area contributed by atoms with Crippen LogP contribution in [0.25, 0.3) is 0 Å². The molecule has 5 nitrogen and oxygen atoms in total. The van der Waals surface area contributed by atoms with E-state index >= 15 is 0 Å². The van der Waals surface area contributed by atoms with E-state index in [1.165, 1.54) is 57.8 Å². The quantitative estimate of drug-likeness (QED) is 0.175. The molecule has 0 fully saturated rings. The molecule has 2 atom stereocenters. The van der Waals surface area contributed by atoms with E-state index in [1.807, 2.05) is 14.1 Å². The molecule has 2 unspecified atom stereocenters. The van der Waals surface area contributed by atoms with Crippen molar-refractivity contribution in [1.29, 1.82) is 0 Å². The van der Waals surface area contributed by atoms with Crippen molar-refractivity contribution in [3.8, 4) is 0 Å². The lowest BCUT2D eigenvalue weighted by Gasteiger charge is -2.40. The van der Waals surface area contributed by atoms with Crippen molar-refractivity contribution in [2.24, 2.45) is 0 Å². The Morgan fingerprint density at radius 1 is 0.857 bits per heavy atom. The average molecular weight is 423 g/mol. The molecule has 0 aromatic heterocycles. The summed E-state index contributed by atoms with van der Waals surface area (Å²) in [6.45, 7) is 4.82. The zero-order chi connectivity index (χ0) is 20.5. The van der Waals surface area contributed by atoms with Crippen molar-refractivity contribution in [3.05, 3.63) is 0 Å². The fourth-order valence-corrected chi connectivity index (χ4v) is 3.74. The molecule has 28 heavy (non-hydrogen) atoms. The molecule has 0 aliphatic rings. The fourth-order valence-electron chi connectivity index (χ4n) is 3.74. The molecule has 0 rings (SSSR count). The summed E-state index contributed by atoms with van der Waals surface area (Å²) in [6.07, 6.45) is 13.9. The smallest absolute Gasteiger partial charge is 0.224 e. The largest absolute Gasteiger partial charge is 1.00 e. The minimum absolute atomic E-state index is 0. The van der Waals surface area contributed by atoms with Crippen LogP contribution in [-0.4, -0.2) is 60.1 Å². The predicted octanol–water partition coefficient (Wildman–Crippen LogP) is 0.973. The van der Waals surface area contributed by atoms with Gasteiger partial charge in [0.05, 0.1) is 27.2 Å². The van der Waals surface area contributed by atoms with Gasteiger partial charge in [-0.2, -0.15) is 0 Å². The van der Waals surface area contributed by atoms with Gasteiger partial charge in [0.2, 0.25) is 5.91 Å². The van der Waals surface area contributed by atoms with E-state index in [-0.39, 0.29) is 24.9 Å². The van der Waals surface area contributed by atoms with E-state index in [0.29, 0.717) is 10.9 Å². The zero-order valence-electron chi connectivity index (χ0n) is 18.9. The highest BCUT2D eigenvalue weighted by atomic mass is 35.5. The van der Waals surface area contributed by atoms with Gasteiger partial charge in [0.1, 0.15) is 6.10 Å². The number of halogens is 1. The third-order valence-electron chi connectivity index (χ3n) is 5.42. The zero-order valence-corrected chi connectivity index (χ0v) is 19.6. The molecule has 3 N–H and O–H groups in total. The number of amides is 1. The molecule has 0 saturated carbocycles. The SMILES string of the molecule is CCCCCCCCCCCCCC(=O)NC(C(O)CO)[N+](C)(C)CCC.[Cl-]. The third-order valence-corrected chi connectivity index (χ3v) is 5.42. The number of nitrogens with zero attached hydrogens (tertiary/aromatic N) is 1. The molecule has 0 aliphatic heterocycles. The lowest BCUT2D eigenvalue weighted by molar-refractivity contribution is -0.921. The Bertz CT molecular complexity index is 368. The van der Waals surface area contributed by atoms with Crippen molar-refractivity contribution in [2.75, 3.05) is 27.2 Å². The van der Waals surface area contributed by atoms with Gasteiger partial charge in [-0.1, -0.05) is 78.1 Å². The van der Waals surface area contributed by atoms with Crippen LogP contribution in [0.15, 0.2) is 0 Å². The van der Waals surface area contributed by atoms with E-state index < -0.39 is 12.3 Å². The fraction of sp³-hybridized carbons (Fsp3) is 0.955. The number of nitrogens with one attached hydrogen (secondary N) is 1. The number of rotatable bonds is 18. The van der Waals surface area contributed by atoms with Gasteiger partial charge in [-0.05, 0) is 12.8 Å². The van der Waals surface area contributed by atoms with E-state index in [4.69, 9.17) is 0 Å². The number of likely N-dealkylation sites (N-methyl/N-ethyl adjacent to an activating group) is 1. The van der Waals surface area contributed by atoms with Crippen LogP contribution in [0.3, 0.4) is 0 Å². The summed E-state index contributed by atoms with van der Waals surface area (Å²) < 4.78 is 0.474. The maximum absolute atomic E-state index is 12.3. The summed E-state index contributed by atoms with van der Waals surface area (Å²) in [5, 5.41) is 22.4. The first-order valence-electron chi connectivity index (χ1n) is 11.3. The van der Waals surface area contributed by atoms with E-state index in [2.05, 4.69) is 19.2 Å². The highest BCUT2D eigenvalue weighted by molar-refractivity contribution is 5.76. The number of hydrogen-bond donors (Lipinski definition) is 3. The number of carbonyl (C=O) groups excluding carboxylic acids is 1. The summed E-state index contributed by atoms with van der Waals surface area (Å²) in [6, 6.07) is 0. The van der Waals surface area contributed by atoms with Gasteiger partial charge in [-0.25, -0.2) is 0 Å². The molecule has 0 heterocycles. The van der Waals surface area contributed by atoms with Gasteiger partial charge in [0.25, 0.3) is 0 Å². The lowest BCUT2D eigenvalue weighted by atomic mass is 10.1. The molecule has 0 radical (unpaired) electrons. The maximum Gasteiger partial charge on any atom is 0.224 e. The first-order chi connectivity index (χ1) is 12.9. The summed E-state index contributed by atoms with van der Waals surface area (Å²) in [5.41, 5.74) is 0. The third kappa shape index (κ3) is 14.6. The van der Waals surface area contributed by atoms with Crippen molar-refractivity contribution >= 4 is 5.91 Å². The Hall–Kier alpha value is -0.360. The topological polar surface area (TPSA) is 69.6 Å². The van der Waals surface area contributed by atoms with Gasteiger partial charge in [0.15, 0.2) is 6.17 Å². The Kier molecular flexibility index (Phi) is 19.9. The summed E-state index contributed by atoms with van der Waals surface area (Å²) in [5.74, 6) is -0.0225. The van der Waals surface area contributed by atoms with Gasteiger partial charge < -0.3 is 32.4 Å². The maximum atomic E-state index is 12.3. The van der Waals surface area contributed by atoms with Crippen LogP contribution in [0.4, 0.5) is 0 Å². The van der Waals surface area contributed by atoms with Crippen LogP contribution < -0.4 is 17.7 Å². The Labute approximate surface area is 180 Å². The van der Waals surface area contributed by atoms with E-state index in [0.717, 1.165) is 25.8 Å². The van der Waals surface area contributed by atoms with Gasteiger partial charge >= 0.3 is 0 Å². The summed E-state index contributed by atoms with van der Waals surface area (Å²) >= 11 is 0. The highest BCUT2D eigenvalue weighted by Gasteiger charge is 2.34. The second kappa shape index (κ2) is 18.7. The Morgan fingerprint density at radius 2 is 1.32 bits per heavy atom. The van der Waals surface area contributed by atoms with Crippen LogP contribution in [0.1, 0.15) is 97.3 Å². The van der Waals surface area contributed by atoms with E-state index in [9.17, 15) is 15.0 Å². The van der Waals surface area contributed by atoms with Gasteiger partial charge in [-0.15, -0.1) is 0 Å². The van der Waals surface area contributed by atoms with Gasteiger partial charge in [-0.3, -0.25) is 4.79 Å². The van der Waals surface area contributed by atoms with Crippen LogP contribution in [0.5, 0.6) is 0 Å². The Morgan fingerprint density at radius 3 is 1.75 bits per heavy atom. The number of hydrogen-bond acceptors (Lipinski definition) is 3. The second-order valence-electron chi connectivity index (χ2n) is 8.55. The molecule has 0 aromatic carbocycles. The first-order valence-corrected chi connectivity index (χ1v) is 11.3. The van der Waals surface area contributed by atoms with Crippen molar-refractivity contribution in [3.63, 3.8) is 0 Å². The summed E-state index contributed by atoms with van der Waals surface area (Å²) in [4.78, 5) is 12.3. The molecule has 0 aliphatic carbocycles. The molecule has 0 saturated heterocycles. The first kappa shape index (κ1) is 29.8. The highest BCUT2D eigenvalue weighted by Crippen LogP contribution is 2.13. The number of aliphatic hydroxyl groups is 2. The van der Waals surface area contributed by atoms with Crippen molar-refractivity contribution in [2.45, 2.75) is 110 Å². The van der Waals surface area contributed by atoms with E-state index in [1.54, 1.807) is 0 Å². The van der Waals surface area contributed by atoms with Crippen LogP contribution in [0, 0.1) is 0 Å². The normalized spacial score (nSPS) is 13.6. The predicted molar refractivity (Wildman–Crippen MR) is 113 cm³/mol. The molecular formula is C22H47ClN2O3. The van der Waals surface area contributed by atoms with Gasteiger partial charge in [0, 0.05) is 6.42 Å². The molecule has 0 spiro atoms. The number of aliphatic hydroxyl groups excluding tert-OH is 2. The van der Waals surface area contributed by atoms with Crippen LogP contribution in [-0.2, 0) is 4.79 Å². The minimum atomic E-state index is -0.937. The summed E-state index contributed by atoms with van der Waals surface area (Å²) in [7, 11) is 3.96. The molecule has 6 heteroatoms. The molecule has 0 bridgehead atoms. The standard InChI is InChI=1S/C22H46N2O3.ClH/c1-5-7-8-9-10-11-12-13-14-15-16-17-21(27)23-22(20(26)19-25)24(3,4)18-6-2;/h20,22,25-26H,5-19H2,1-4H3;1H. The molecule has 170 valence electrons. The second-order valence-corrected chi connectivity index (χ2v) is 8.55.